The Hall–Kier alpha value is -0.950. The highest BCUT2D eigenvalue weighted by Crippen LogP contribution is 2.22. The Balaban J connectivity index is 0.000000273. The Morgan fingerprint density at radius 3 is 2.15 bits per heavy atom. The van der Waals surface area contributed by atoms with Crippen molar-refractivity contribution in [3.8, 4) is 0 Å². The van der Waals surface area contributed by atoms with Gasteiger partial charge in [0.05, 0.1) is 6.54 Å². The van der Waals surface area contributed by atoms with Gasteiger partial charge in [0.15, 0.2) is 0 Å². The molecule has 1 heterocycles. The number of likely N-dealkylation sites (tertiary alicyclic amines) is 1. The Labute approximate surface area is 161 Å². The summed E-state index contributed by atoms with van der Waals surface area (Å²) in [6.45, 7) is 7.09. The molecule has 2 N–H and O–H groups in total. The normalized spacial score (nSPS) is 19.5. The van der Waals surface area contributed by atoms with Crippen LogP contribution in [0.15, 0.2) is 0 Å². The van der Waals surface area contributed by atoms with E-state index in [1.807, 2.05) is 18.7 Å². The number of hydrogen-bond donors (Lipinski definition) is 2. The third kappa shape index (κ3) is 10.3. The Morgan fingerprint density at radius 2 is 1.62 bits per heavy atom. The Kier molecular flexibility index (Phi) is 11.8. The number of amides is 2. The van der Waals surface area contributed by atoms with Crippen molar-refractivity contribution in [2.24, 2.45) is 11.8 Å². The maximum absolute atomic E-state index is 11.4. The van der Waals surface area contributed by atoms with Gasteiger partial charge in [-0.05, 0) is 44.6 Å². The van der Waals surface area contributed by atoms with Crippen LogP contribution in [-0.2, 0) is 20.6 Å². The van der Waals surface area contributed by atoms with Gasteiger partial charge in [-0.3, -0.25) is 14.3 Å². The summed E-state index contributed by atoms with van der Waals surface area (Å²) < 4.78 is 13.0. The van der Waals surface area contributed by atoms with Crippen molar-refractivity contribution in [2.75, 3.05) is 32.4 Å². The van der Waals surface area contributed by atoms with Gasteiger partial charge in [0.2, 0.25) is 11.8 Å². The van der Waals surface area contributed by atoms with Gasteiger partial charge < -0.3 is 10.2 Å². The van der Waals surface area contributed by atoms with Gasteiger partial charge >= 0.3 is 0 Å². The van der Waals surface area contributed by atoms with Crippen molar-refractivity contribution in [2.45, 2.75) is 65.2 Å². The summed E-state index contributed by atoms with van der Waals surface area (Å²) in [5, 5.41) is 3.11. The third-order valence-corrected chi connectivity index (χ3v) is 5.38. The molecule has 2 aliphatic rings. The van der Waals surface area contributed by atoms with Crippen LogP contribution in [0.4, 0.5) is 0 Å². The van der Waals surface area contributed by atoms with Gasteiger partial charge in [-0.25, -0.2) is 4.21 Å². The van der Waals surface area contributed by atoms with Crippen LogP contribution in [0, 0.1) is 11.8 Å². The van der Waals surface area contributed by atoms with E-state index in [-0.39, 0.29) is 18.4 Å². The van der Waals surface area contributed by atoms with E-state index in [1.54, 1.807) is 0 Å². The molecule has 6 nitrogen and oxygen atoms in total. The van der Waals surface area contributed by atoms with Crippen LogP contribution >= 0.6 is 0 Å². The molecule has 0 aromatic carbocycles. The minimum absolute atomic E-state index is 0.174. The molecule has 0 radical (unpaired) electrons. The minimum Gasteiger partial charge on any atom is -0.342 e. The van der Waals surface area contributed by atoms with Crippen molar-refractivity contribution in [3.05, 3.63) is 0 Å². The van der Waals surface area contributed by atoms with E-state index in [4.69, 9.17) is 0 Å². The van der Waals surface area contributed by atoms with Gasteiger partial charge in [-0.1, -0.05) is 33.1 Å². The lowest BCUT2D eigenvalue weighted by molar-refractivity contribution is -0.135. The standard InChI is InChI=1S/C10H20N2O2S.C9H17NO/c1-15(14)12-10(13)8-11-7-9-5-3-2-4-6-9;1-8(2)9(11)10-6-4-3-5-7-10/h9,11H,2-8H2,1H3,(H,12,13);8H,3-7H2,1-2H3. The van der Waals surface area contributed by atoms with E-state index in [1.165, 1.54) is 57.6 Å². The lowest BCUT2D eigenvalue weighted by atomic mass is 9.89. The lowest BCUT2D eigenvalue weighted by Gasteiger charge is -2.28. The van der Waals surface area contributed by atoms with Crippen LogP contribution in [0.5, 0.6) is 0 Å². The van der Waals surface area contributed by atoms with Crippen LogP contribution in [0.2, 0.25) is 0 Å². The van der Waals surface area contributed by atoms with Crippen molar-refractivity contribution in [3.63, 3.8) is 0 Å². The highest BCUT2D eigenvalue weighted by atomic mass is 32.2. The summed E-state index contributed by atoms with van der Waals surface area (Å²) in [5.74, 6) is 1.03. The first kappa shape index (κ1) is 23.1. The van der Waals surface area contributed by atoms with Crippen molar-refractivity contribution in [1.82, 2.24) is 14.9 Å². The van der Waals surface area contributed by atoms with Gasteiger partial charge in [-0.15, -0.1) is 0 Å². The van der Waals surface area contributed by atoms with Crippen molar-refractivity contribution in [1.29, 1.82) is 0 Å². The first-order valence-corrected chi connectivity index (χ1v) is 11.6. The average molecular weight is 388 g/mol. The highest BCUT2D eigenvalue weighted by Gasteiger charge is 2.18. The summed E-state index contributed by atoms with van der Waals surface area (Å²) in [5.41, 5.74) is 0. The van der Waals surface area contributed by atoms with E-state index in [0.29, 0.717) is 5.91 Å². The lowest BCUT2D eigenvalue weighted by Crippen LogP contribution is -2.38. The first-order valence-electron chi connectivity index (χ1n) is 10.0. The predicted molar refractivity (Wildman–Crippen MR) is 107 cm³/mol. The molecular weight excluding hydrogens is 350 g/mol. The van der Waals surface area contributed by atoms with E-state index >= 15 is 0 Å². The molecule has 152 valence electrons. The predicted octanol–water partition coefficient (Wildman–Crippen LogP) is 2.22. The maximum Gasteiger partial charge on any atom is 0.245 e. The van der Waals surface area contributed by atoms with Crippen LogP contribution in [0.25, 0.3) is 0 Å². The number of carbonyl (C=O) groups excluding carboxylic acids is 2. The average Bonchev–Trinajstić information content (AvgIpc) is 2.62. The molecule has 26 heavy (non-hydrogen) atoms. The molecule has 1 aliphatic carbocycles. The SMILES string of the molecule is CC(C)C(=O)N1CCCCC1.CS(=O)NC(=O)CNCC1CCCCC1. The number of hydrogen-bond acceptors (Lipinski definition) is 4. The summed E-state index contributed by atoms with van der Waals surface area (Å²) in [4.78, 5) is 24.5. The molecule has 0 aromatic rings. The summed E-state index contributed by atoms with van der Waals surface area (Å²) in [6, 6.07) is 0. The van der Waals surface area contributed by atoms with Gasteiger partial charge in [0.1, 0.15) is 11.0 Å². The van der Waals surface area contributed by atoms with E-state index in [0.717, 1.165) is 25.6 Å². The molecule has 1 atom stereocenters. The first-order chi connectivity index (χ1) is 12.4. The zero-order valence-corrected chi connectivity index (χ0v) is 17.5. The van der Waals surface area contributed by atoms with Crippen LogP contribution in [-0.4, -0.2) is 53.4 Å². The third-order valence-electron chi connectivity index (χ3n) is 4.86. The fraction of sp³-hybridized carbons (Fsp3) is 0.895. The zero-order valence-electron chi connectivity index (χ0n) is 16.7. The molecule has 2 fully saturated rings. The number of rotatable bonds is 6. The van der Waals surface area contributed by atoms with Gasteiger partial charge in [-0.2, -0.15) is 0 Å². The topological polar surface area (TPSA) is 78.5 Å². The molecular formula is C19H37N3O3S. The van der Waals surface area contributed by atoms with E-state index < -0.39 is 11.0 Å². The summed E-state index contributed by atoms with van der Waals surface area (Å²) in [6.07, 6.45) is 11.7. The fourth-order valence-corrected chi connectivity index (χ4v) is 3.85. The van der Waals surface area contributed by atoms with E-state index in [2.05, 4.69) is 10.0 Å². The van der Waals surface area contributed by atoms with Gasteiger partial charge in [0.25, 0.3) is 0 Å². The zero-order chi connectivity index (χ0) is 19.4. The molecule has 0 spiro atoms. The molecule has 2 rings (SSSR count). The Bertz CT molecular complexity index is 445. The molecule has 0 aromatic heterocycles. The quantitative estimate of drug-likeness (QED) is 0.732. The largest absolute Gasteiger partial charge is 0.342 e. The molecule has 2 amide bonds. The number of nitrogens with zero attached hydrogens (tertiary/aromatic N) is 1. The van der Waals surface area contributed by atoms with Crippen LogP contribution in [0.3, 0.4) is 0 Å². The van der Waals surface area contributed by atoms with Crippen molar-refractivity contribution < 1.29 is 13.8 Å². The van der Waals surface area contributed by atoms with Crippen molar-refractivity contribution >= 4 is 22.8 Å². The van der Waals surface area contributed by atoms with Gasteiger partial charge in [0, 0.05) is 25.3 Å². The number of nitrogens with one attached hydrogen (secondary N) is 2. The molecule has 0 bridgehead atoms. The van der Waals surface area contributed by atoms with E-state index in [9.17, 15) is 13.8 Å². The van der Waals surface area contributed by atoms with Crippen LogP contribution in [0.1, 0.15) is 65.2 Å². The minimum atomic E-state index is -1.24. The second-order valence-electron chi connectivity index (χ2n) is 7.65. The molecule has 1 saturated heterocycles. The summed E-state index contributed by atoms with van der Waals surface area (Å²) in [7, 11) is -1.24. The molecule has 7 heteroatoms. The molecule has 1 saturated carbocycles. The second kappa shape index (κ2) is 13.3. The highest BCUT2D eigenvalue weighted by molar-refractivity contribution is 7.82. The second-order valence-corrected chi connectivity index (χ2v) is 8.77. The monoisotopic (exact) mass is 387 g/mol. The number of piperidine rings is 1. The molecule has 1 aliphatic heterocycles. The smallest absolute Gasteiger partial charge is 0.245 e. The summed E-state index contributed by atoms with van der Waals surface area (Å²) >= 11 is 0. The maximum atomic E-state index is 11.4. The fourth-order valence-electron chi connectivity index (χ4n) is 3.46. The Morgan fingerprint density at radius 1 is 1.04 bits per heavy atom. The van der Waals surface area contributed by atoms with Crippen LogP contribution < -0.4 is 10.0 Å². The number of carbonyl (C=O) groups is 2. The molecule has 1 unspecified atom stereocenters.